The fourth-order valence-electron chi connectivity index (χ4n) is 1.66. The Balaban J connectivity index is 2.59. The molecule has 0 radical (unpaired) electrons. The Morgan fingerprint density at radius 1 is 1.39 bits per heavy atom. The third-order valence-electron chi connectivity index (χ3n) is 2.55. The summed E-state index contributed by atoms with van der Waals surface area (Å²) in [6.45, 7) is 1.84. The minimum absolute atomic E-state index is 0.152. The zero-order valence-electron chi connectivity index (χ0n) is 9.44. The van der Waals surface area contributed by atoms with Gasteiger partial charge in [0, 0.05) is 10.0 Å². The van der Waals surface area contributed by atoms with Crippen LogP contribution in [0.3, 0.4) is 0 Å². The summed E-state index contributed by atoms with van der Waals surface area (Å²) >= 11 is 3.21. The average molecular weight is 309 g/mol. The molecule has 1 aromatic carbocycles. The van der Waals surface area contributed by atoms with Gasteiger partial charge in [0.2, 0.25) is 0 Å². The van der Waals surface area contributed by atoms with Gasteiger partial charge >= 0.3 is 5.97 Å². The fourth-order valence-corrected chi connectivity index (χ4v) is 2.29. The van der Waals surface area contributed by atoms with Crippen molar-refractivity contribution in [3.8, 4) is 11.3 Å². The lowest BCUT2D eigenvalue weighted by Crippen LogP contribution is -1.99. The van der Waals surface area contributed by atoms with Crippen LogP contribution in [0.15, 0.2) is 33.2 Å². The summed E-state index contributed by atoms with van der Waals surface area (Å²) < 4.78 is 5.81. The van der Waals surface area contributed by atoms with Crippen LogP contribution < -0.4 is 0 Å². The lowest BCUT2D eigenvalue weighted by molar-refractivity contribution is 0.0695. The van der Waals surface area contributed by atoms with E-state index in [9.17, 15) is 9.59 Å². The highest BCUT2D eigenvalue weighted by atomic mass is 79.9. The van der Waals surface area contributed by atoms with E-state index in [-0.39, 0.29) is 11.3 Å². The highest BCUT2D eigenvalue weighted by molar-refractivity contribution is 9.10. The lowest BCUT2D eigenvalue weighted by atomic mass is 10.0. The van der Waals surface area contributed by atoms with Crippen molar-refractivity contribution in [1.29, 1.82) is 0 Å². The van der Waals surface area contributed by atoms with Gasteiger partial charge in [-0.05, 0) is 52.7 Å². The molecule has 18 heavy (non-hydrogen) atoms. The van der Waals surface area contributed by atoms with Crippen LogP contribution in [0.4, 0.5) is 0 Å². The highest BCUT2D eigenvalue weighted by Gasteiger charge is 2.14. The number of aryl methyl sites for hydroxylation is 1. The van der Waals surface area contributed by atoms with E-state index in [0.29, 0.717) is 22.1 Å². The minimum atomic E-state index is -1.02. The molecule has 0 bridgehead atoms. The Morgan fingerprint density at radius 3 is 2.67 bits per heavy atom. The molecule has 1 aromatic heterocycles. The van der Waals surface area contributed by atoms with Gasteiger partial charge in [-0.1, -0.05) is 0 Å². The first-order valence-corrected chi connectivity index (χ1v) is 5.91. The summed E-state index contributed by atoms with van der Waals surface area (Å²) in [5, 5.41) is 9.06. The van der Waals surface area contributed by atoms with Crippen molar-refractivity contribution in [1.82, 2.24) is 0 Å². The van der Waals surface area contributed by atoms with Gasteiger partial charge in [0.1, 0.15) is 5.76 Å². The van der Waals surface area contributed by atoms with Gasteiger partial charge in [-0.3, -0.25) is 4.79 Å². The van der Waals surface area contributed by atoms with E-state index >= 15 is 0 Å². The maximum absolute atomic E-state index is 11.1. The first-order chi connectivity index (χ1) is 8.52. The van der Waals surface area contributed by atoms with Crippen molar-refractivity contribution in [2.45, 2.75) is 6.92 Å². The van der Waals surface area contributed by atoms with Crippen molar-refractivity contribution in [2.24, 2.45) is 0 Å². The number of carbonyl (C=O) groups is 2. The molecule has 0 unspecified atom stereocenters. The summed E-state index contributed by atoms with van der Waals surface area (Å²) in [5.74, 6) is -0.334. The molecule has 92 valence electrons. The smallest absolute Gasteiger partial charge is 0.336 e. The van der Waals surface area contributed by atoms with Crippen LogP contribution in [0.2, 0.25) is 0 Å². The van der Waals surface area contributed by atoms with Gasteiger partial charge < -0.3 is 9.52 Å². The SMILES string of the molecule is Cc1cc(Br)c(C(=O)O)cc1-c1ccc(C=O)o1. The van der Waals surface area contributed by atoms with Crippen LogP contribution in [0, 0.1) is 6.92 Å². The van der Waals surface area contributed by atoms with E-state index in [4.69, 9.17) is 9.52 Å². The molecule has 0 saturated heterocycles. The van der Waals surface area contributed by atoms with E-state index in [0.717, 1.165) is 5.56 Å². The molecular weight excluding hydrogens is 300 g/mol. The average Bonchev–Trinajstić information content (AvgIpc) is 2.77. The van der Waals surface area contributed by atoms with Crippen LogP contribution in [0.5, 0.6) is 0 Å². The highest BCUT2D eigenvalue weighted by Crippen LogP contribution is 2.30. The normalized spacial score (nSPS) is 10.3. The second-order valence-electron chi connectivity index (χ2n) is 3.77. The standard InChI is InChI=1S/C13H9BrO4/c1-7-4-11(14)10(13(16)17)5-9(7)12-3-2-8(6-15)18-12/h2-6H,1H3,(H,16,17). The topological polar surface area (TPSA) is 67.5 Å². The maximum atomic E-state index is 11.1. The number of rotatable bonds is 3. The minimum Gasteiger partial charge on any atom is -0.478 e. The third-order valence-corrected chi connectivity index (χ3v) is 3.21. The number of halogens is 1. The van der Waals surface area contributed by atoms with Crippen LogP contribution in [-0.4, -0.2) is 17.4 Å². The molecule has 2 rings (SSSR count). The molecule has 0 aliphatic rings. The molecule has 0 aliphatic heterocycles. The Labute approximate surface area is 111 Å². The second-order valence-corrected chi connectivity index (χ2v) is 4.63. The van der Waals surface area contributed by atoms with E-state index in [1.807, 2.05) is 6.92 Å². The molecule has 1 N–H and O–H groups in total. The van der Waals surface area contributed by atoms with Crippen LogP contribution >= 0.6 is 15.9 Å². The first kappa shape index (κ1) is 12.6. The summed E-state index contributed by atoms with van der Waals surface area (Å²) in [7, 11) is 0. The quantitative estimate of drug-likeness (QED) is 0.881. The summed E-state index contributed by atoms with van der Waals surface area (Å²) in [5.41, 5.74) is 1.67. The molecule has 0 atom stereocenters. The van der Waals surface area contributed by atoms with Crippen LogP contribution in [0.1, 0.15) is 26.5 Å². The molecule has 5 heteroatoms. The van der Waals surface area contributed by atoms with Gasteiger partial charge in [-0.15, -0.1) is 0 Å². The molecule has 0 spiro atoms. The van der Waals surface area contributed by atoms with E-state index < -0.39 is 5.97 Å². The van der Waals surface area contributed by atoms with Gasteiger partial charge in [0.05, 0.1) is 5.56 Å². The van der Waals surface area contributed by atoms with E-state index in [1.165, 1.54) is 6.07 Å². The maximum Gasteiger partial charge on any atom is 0.336 e. The predicted octanol–water partition coefficient (Wildman–Crippen LogP) is 3.53. The van der Waals surface area contributed by atoms with Crippen molar-refractivity contribution in [2.75, 3.05) is 0 Å². The summed E-state index contributed by atoms with van der Waals surface area (Å²) in [6.07, 6.45) is 0.607. The first-order valence-electron chi connectivity index (χ1n) is 5.11. The van der Waals surface area contributed by atoms with Gasteiger partial charge in [0.15, 0.2) is 12.0 Å². The van der Waals surface area contributed by atoms with Crippen LogP contribution in [0.25, 0.3) is 11.3 Å². The summed E-state index contributed by atoms with van der Waals surface area (Å²) in [4.78, 5) is 21.6. The zero-order chi connectivity index (χ0) is 13.3. The van der Waals surface area contributed by atoms with E-state index in [2.05, 4.69) is 15.9 Å². The molecule has 4 nitrogen and oxygen atoms in total. The third kappa shape index (κ3) is 2.22. The Bertz CT molecular complexity index is 628. The fraction of sp³-hybridized carbons (Fsp3) is 0.0769. The van der Waals surface area contributed by atoms with Gasteiger partial charge in [0.25, 0.3) is 0 Å². The monoisotopic (exact) mass is 308 g/mol. The number of carbonyl (C=O) groups excluding carboxylic acids is 1. The van der Waals surface area contributed by atoms with Crippen molar-refractivity contribution >= 4 is 28.2 Å². The molecule has 0 aliphatic carbocycles. The molecule has 1 heterocycles. The zero-order valence-corrected chi connectivity index (χ0v) is 11.0. The Hall–Kier alpha value is -1.88. The number of carboxylic acids is 1. The van der Waals surface area contributed by atoms with Crippen molar-refractivity contribution in [3.05, 3.63) is 45.6 Å². The van der Waals surface area contributed by atoms with E-state index in [1.54, 1.807) is 18.2 Å². The molecule has 2 aromatic rings. The number of aromatic carboxylic acids is 1. The molecule has 0 amide bonds. The molecule has 0 fully saturated rings. The largest absolute Gasteiger partial charge is 0.478 e. The Morgan fingerprint density at radius 2 is 2.11 bits per heavy atom. The number of aldehydes is 1. The number of carboxylic acid groups (broad SMARTS) is 1. The number of hydrogen-bond acceptors (Lipinski definition) is 3. The molecule has 0 saturated carbocycles. The predicted molar refractivity (Wildman–Crippen MR) is 68.9 cm³/mol. The van der Waals surface area contributed by atoms with Gasteiger partial charge in [-0.2, -0.15) is 0 Å². The molecular formula is C13H9BrO4. The van der Waals surface area contributed by atoms with Crippen molar-refractivity contribution < 1.29 is 19.1 Å². The number of furan rings is 1. The second kappa shape index (κ2) is 4.78. The van der Waals surface area contributed by atoms with Crippen molar-refractivity contribution in [3.63, 3.8) is 0 Å². The summed E-state index contributed by atoms with van der Waals surface area (Å²) in [6, 6.07) is 6.42. The lowest BCUT2D eigenvalue weighted by Gasteiger charge is -2.06. The van der Waals surface area contributed by atoms with Gasteiger partial charge in [-0.25, -0.2) is 4.79 Å². The number of hydrogen-bond donors (Lipinski definition) is 1. The number of benzene rings is 1. The Kier molecular flexibility index (Phi) is 3.34. The van der Waals surface area contributed by atoms with Crippen LogP contribution in [-0.2, 0) is 0 Å².